The molecule has 154 valence electrons. The summed E-state index contributed by atoms with van der Waals surface area (Å²) >= 11 is 13.5. The van der Waals surface area contributed by atoms with Crippen molar-refractivity contribution in [3.05, 3.63) is 87.9 Å². The van der Waals surface area contributed by atoms with Crippen molar-refractivity contribution >= 4 is 58.2 Å². The number of benzene rings is 3. The van der Waals surface area contributed by atoms with Gasteiger partial charge in [-0.3, -0.25) is 9.59 Å². The predicted molar refractivity (Wildman–Crippen MR) is 126 cm³/mol. The second-order valence-electron chi connectivity index (χ2n) is 6.70. The Morgan fingerprint density at radius 2 is 1.57 bits per heavy atom. The lowest BCUT2D eigenvalue weighted by Crippen LogP contribution is -2.22. The third-order valence-corrected chi connectivity index (χ3v) is 6.25. The molecule has 30 heavy (non-hydrogen) atoms. The van der Waals surface area contributed by atoms with E-state index < -0.39 is 0 Å². The Morgan fingerprint density at radius 1 is 0.900 bits per heavy atom. The normalized spacial score (nSPS) is 11.6. The second-order valence-corrected chi connectivity index (χ2v) is 8.89. The van der Waals surface area contributed by atoms with Gasteiger partial charge in [-0.2, -0.15) is 0 Å². The zero-order valence-corrected chi connectivity index (χ0v) is 18.7. The molecule has 4 nitrogen and oxygen atoms in total. The van der Waals surface area contributed by atoms with Gasteiger partial charge in [-0.1, -0.05) is 47.0 Å². The fraction of sp³-hybridized carbons (Fsp3) is 0.130. The molecule has 0 fully saturated rings. The van der Waals surface area contributed by atoms with Gasteiger partial charge >= 0.3 is 0 Å². The fourth-order valence-corrected chi connectivity index (χ4v) is 3.83. The number of rotatable bonds is 6. The van der Waals surface area contributed by atoms with E-state index in [0.29, 0.717) is 27.0 Å². The average molecular weight is 459 g/mol. The lowest BCUT2D eigenvalue weighted by molar-refractivity contribution is -0.115. The van der Waals surface area contributed by atoms with E-state index >= 15 is 0 Å². The molecule has 7 heteroatoms. The topological polar surface area (TPSA) is 58.2 Å². The van der Waals surface area contributed by atoms with Crippen LogP contribution < -0.4 is 10.6 Å². The summed E-state index contributed by atoms with van der Waals surface area (Å²) in [5.41, 5.74) is 2.87. The zero-order chi connectivity index (χ0) is 21.7. The molecule has 1 unspecified atom stereocenters. The largest absolute Gasteiger partial charge is 0.324 e. The van der Waals surface area contributed by atoms with Crippen LogP contribution in [0.1, 0.15) is 22.8 Å². The maximum absolute atomic E-state index is 12.5. The summed E-state index contributed by atoms with van der Waals surface area (Å²) in [5, 5.41) is 6.02. The third-order valence-electron chi connectivity index (χ3n) is 4.32. The highest BCUT2D eigenvalue weighted by molar-refractivity contribution is 8.00. The van der Waals surface area contributed by atoms with Crippen LogP contribution in [-0.4, -0.2) is 17.1 Å². The fourth-order valence-electron chi connectivity index (χ4n) is 2.62. The molecule has 3 aromatic carbocycles. The summed E-state index contributed by atoms with van der Waals surface area (Å²) in [4.78, 5) is 25.7. The highest BCUT2D eigenvalue weighted by Gasteiger charge is 2.16. The van der Waals surface area contributed by atoms with Gasteiger partial charge < -0.3 is 10.6 Å². The van der Waals surface area contributed by atoms with E-state index in [-0.39, 0.29) is 17.1 Å². The number of carbonyl (C=O) groups excluding carboxylic acids is 2. The first-order valence-corrected chi connectivity index (χ1v) is 10.9. The Balaban J connectivity index is 1.58. The molecule has 0 aliphatic heterocycles. The zero-order valence-electron chi connectivity index (χ0n) is 16.4. The van der Waals surface area contributed by atoms with Crippen LogP contribution in [0, 0.1) is 6.92 Å². The molecule has 0 saturated heterocycles. The minimum atomic E-state index is -0.354. The molecular formula is C23H20Cl2N2O2S. The Hall–Kier alpha value is -2.47. The molecular weight excluding hydrogens is 439 g/mol. The molecule has 1 atom stereocenters. The van der Waals surface area contributed by atoms with Crippen LogP contribution in [0.5, 0.6) is 0 Å². The number of aryl methyl sites for hydroxylation is 1. The van der Waals surface area contributed by atoms with Gasteiger partial charge in [0.05, 0.1) is 21.0 Å². The van der Waals surface area contributed by atoms with E-state index in [1.807, 2.05) is 50.2 Å². The van der Waals surface area contributed by atoms with Crippen LogP contribution in [0.15, 0.2) is 71.6 Å². The van der Waals surface area contributed by atoms with Gasteiger partial charge in [-0.15, -0.1) is 11.8 Å². The smallest absolute Gasteiger partial charge is 0.255 e. The molecule has 3 aromatic rings. The number of hydrogen-bond donors (Lipinski definition) is 2. The van der Waals surface area contributed by atoms with Crippen molar-refractivity contribution < 1.29 is 9.59 Å². The summed E-state index contributed by atoms with van der Waals surface area (Å²) in [6, 6.07) is 19.8. The molecule has 2 N–H and O–H groups in total. The molecule has 0 saturated carbocycles. The SMILES string of the molecule is Cc1ccc(C(=O)Nc2ccc(SC(C)C(=O)Nc3cccc(Cl)c3Cl)cc2)cc1. The number of carbonyl (C=O) groups is 2. The van der Waals surface area contributed by atoms with Crippen molar-refractivity contribution in [2.45, 2.75) is 24.0 Å². The first-order chi connectivity index (χ1) is 14.3. The number of hydrogen-bond acceptors (Lipinski definition) is 3. The van der Waals surface area contributed by atoms with Crippen LogP contribution in [0.4, 0.5) is 11.4 Å². The average Bonchev–Trinajstić information content (AvgIpc) is 2.73. The lowest BCUT2D eigenvalue weighted by Gasteiger charge is -2.14. The van der Waals surface area contributed by atoms with Crippen molar-refractivity contribution in [3.63, 3.8) is 0 Å². The standard InChI is InChI=1S/C23H20Cl2N2O2S/c1-14-6-8-16(9-7-14)23(29)26-17-10-12-18(13-11-17)30-15(2)22(28)27-20-5-3-4-19(24)21(20)25/h3-13,15H,1-2H3,(H,26,29)(H,27,28). The number of amides is 2. The van der Waals surface area contributed by atoms with Gasteiger partial charge in [-0.25, -0.2) is 0 Å². The molecule has 0 aliphatic carbocycles. The summed E-state index contributed by atoms with van der Waals surface area (Å²) in [6.07, 6.45) is 0. The van der Waals surface area contributed by atoms with E-state index in [1.54, 1.807) is 30.3 Å². The maximum Gasteiger partial charge on any atom is 0.255 e. The van der Waals surface area contributed by atoms with Gasteiger partial charge in [0.15, 0.2) is 0 Å². The van der Waals surface area contributed by atoms with Crippen LogP contribution in [0.2, 0.25) is 10.0 Å². The summed E-state index contributed by atoms with van der Waals surface area (Å²) in [5.74, 6) is -0.345. The van der Waals surface area contributed by atoms with Crippen molar-refractivity contribution in [2.75, 3.05) is 10.6 Å². The highest BCUT2D eigenvalue weighted by Crippen LogP contribution is 2.31. The molecule has 0 heterocycles. The van der Waals surface area contributed by atoms with E-state index in [1.165, 1.54) is 11.8 Å². The Morgan fingerprint density at radius 3 is 2.23 bits per heavy atom. The summed E-state index contributed by atoms with van der Waals surface area (Å²) in [6.45, 7) is 3.79. The van der Waals surface area contributed by atoms with Crippen LogP contribution in [-0.2, 0) is 4.79 Å². The quantitative estimate of drug-likeness (QED) is 0.405. The molecule has 0 aromatic heterocycles. The lowest BCUT2D eigenvalue weighted by atomic mass is 10.1. The van der Waals surface area contributed by atoms with E-state index in [4.69, 9.17) is 23.2 Å². The molecule has 0 radical (unpaired) electrons. The second kappa shape index (κ2) is 10.0. The van der Waals surface area contributed by atoms with Gasteiger partial charge in [-0.05, 0) is 62.4 Å². The van der Waals surface area contributed by atoms with Gasteiger partial charge in [0.25, 0.3) is 5.91 Å². The number of nitrogens with one attached hydrogen (secondary N) is 2. The summed E-state index contributed by atoms with van der Waals surface area (Å²) < 4.78 is 0. The molecule has 3 rings (SSSR count). The number of thioether (sulfide) groups is 1. The van der Waals surface area contributed by atoms with Gasteiger partial charge in [0, 0.05) is 16.1 Å². The van der Waals surface area contributed by atoms with Gasteiger partial charge in [0.2, 0.25) is 5.91 Å². The monoisotopic (exact) mass is 458 g/mol. The molecule has 2 amide bonds. The van der Waals surface area contributed by atoms with E-state index in [9.17, 15) is 9.59 Å². The Labute approximate surface area is 190 Å². The number of halogens is 2. The highest BCUT2D eigenvalue weighted by atomic mass is 35.5. The Bertz CT molecular complexity index is 1050. The molecule has 0 spiro atoms. The van der Waals surface area contributed by atoms with Crippen LogP contribution >= 0.6 is 35.0 Å². The predicted octanol–water partition coefficient (Wildman–Crippen LogP) is 6.67. The maximum atomic E-state index is 12.5. The van der Waals surface area contributed by atoms with E-state index in [0.717, 1.165) is 10.5 Å². The van der Waals surface area contributed by atoms with Crippen LogP contribution in [0.25, 0.3) is 0 Å². The first-order valence-electron chi connectivity index (χ1n) is 9.23. The molecule has 0 aliphatic rings. The van der Waals surface area contributed by atoms with Crippen molar-refractivity contribution in [2.24, 2.45) is 0 Å². The minimum Gasteiger partial charge on any atom is -0.324 e. The van der Waals surface area contributed by atoms with Crippen molar-refractivity contribution in [1.82, 2.24) is 0 Å². The summed E-state index contributed by atoms with van der Waals surface area (Å²) in [7, 11) is 0. The first kappa shape index (κ1) is 22.2. The van der Waals surface area contributed by atoms with Crippen molar-refractivity contribution in [1.29, 1.82) is 0 Å². The van der Waals surface area contributed by atoms with Crippen LogP contribution in [0.3, 0.4) is 0 Å². The molecule has 0 bridgehead atoms. The van der Waals surface area contributed by atoms with E-state index in [2.05, 4.69) is 10.6 Å². The Kier molecular flexibility index (Phi) is 7.43. The third kappa shape index (κ3) is 5.79. The van der Waals surface area contributed by atoms with Gasteiger partial charge in [0.1, 0.15) is 0 Å². The minimum absolute atomic E-state index is 0.165. The van der Waals surface area contributed by atoms with Crippen molar-refractivity contribution in [3.8, 4) is 0 Å². The number of anilines is 2.